The summed E-state index contributed by atoms with van der Waals surface area (Å²) in [5, 5.41) is 3.47. The van der Waals surface area contributed by atoms with Gasteiger partial charge in [0.05, 0.1) is 7.11 Å². The number of rotatable bonds is 4. The maximum absolute atomic E-state index is 12.4. The summed E-state index contributed by atoms with van der Waals surface area (Å²) in [6, 6.07) is 8.00. The highest BCUT2D eigenvalue weighted by molar-refractivity contribution is 5.85. The summed E-state index contributed by atoms with van der Waals surface area (Å²) in [5.74, 6) is 1.17. The van der Waals surface area contributed by atoms with Gasteiger partial charge in [0.15, 0.2) is 0 Å². The van der Waals surface area contributed by atoms with Crippen molar-refractivity contribution in [2.24, 2.45) is 5.41 Å². The molecule has 0 saturated carbocycles. The molecular weight excluding hydrogens is 312 g/mol. The third-order valence-electron chi connectivity index (χ3n) is 5.30. The summed E-state index contributed by atoms with van der Waals surface area (Å²) in [6.07, 6.45) is 5.02. The van der Waals surface area contributed by atoms with Crippen LogP contribution < -0.4 is 10.1 Å². The molecule has 1 N–H and O–H groups in total. The largest absolute Gasteiger partial charge is 0.497 e. The number of aryl methyl sites for hydroxylation is 1. The molecule has 5 heteroatoms. The molecule has 0 unspecified atom stereocenters. The average molecular weight is 339 g/mol. The Morgan fingerprint density at radius 2 is 1.91 bits per heavy atom. The van der Waals surface area contributed by atoms with E-state index in [4.69, 9.17) is 4.74 Å². The Morgan fingerprint density at radius 3 is 2.48 bits per heavy atom. The number of nitrogens with zero attached hydrogens (tertiary/aromatic N) is 1. The van der Waals surface area contributed by atoms with Crippen LogP contribution in [0.3, 0.4) is 0 Å². The molecule has 0 aromatic heterocycles. The van der Waals surface area contributed by atoms with Crippen LogP contribution in [-0.4, -0.2) is 44.1 Å². The number of benzene rings is 1. The van der Waals surface area contributed by atoms with Gasteiger partial charge in [0.2, 0.25) is 5.91 Å². The minimum absolute atomic E-state index is 0. The fourth-order valence-electron chi connectivity index (χ4n) is 3.65. The first-order valence-corrected chi connectivity index (χ1v) is 8.32. The van der Waals surface area contributed by atoms with E-state index < -0.39 is 0 Å². The molecule has 1 amide bonds. The fourth-order valence-corrected chi connectivity index (χ4v) is 3.65. The average Bonchev–Trinajstić information content (AvgIpc) is 3.02. The van der Waals surface area contributed by atoms with Crippen LogP contribution in [0.2, 0.25) is 0 Å². The normalized spacial score (nSPS) is 19.4. The Balaban J connectivity index is 0.00000192. The van der Waals surface area contributed by atoms with Crippen molar-refractivity contribution in [2.45, 2.75) is 32.1 Å². The van der Waals surface area contributed by atoms with E-state index >= 15 is 0 Å². The Kier molecular flexibility index (Phi) is 6.31. The van der Waals surface area contributed by atoms with Gasteiger partial charge >= 0.3 is 0 Å². The van der Waals surface area contributed by atoms with Crippen molar-refractivity contribution in [1.29, 1.82) is 0 Å². The smallest absolute Gasteiger partial charge is 0.222 e. The quantitative estimate of drug-likeness (QED) is 0.917. The van der Waals surface area contributed by atoms with Crippen LogP contribution in [0.15, 0.2) is 24.3 Å². The number of methoxy groups -OCH3 is 1. The first kappa shape index (κ1) is 18.1. The lowest BCUT2D eigenvalue weighted by molar-refractivity contribution is -0.133. The van der Waals surface area contributed by atoms with Gasteiger partial charge in [-0.3, -0.25) is 4.79 Å². The van der Waals surface area contributed by atoms with Gasteiger partial charge in [0, 0.05) is 26.1 Å². The zero-order chi connectivity index (χ0) is 15.4. The lowest BCUT2D eigenvalue weighted by atomic mass is 9.78. The van der Waals surface area contributed by atoms with Gasteiger partial charge in [-0.15, -0.1) is 12.4 Å². The van der Waals surface area contributed by atoms with E-state index in [9.17, 15) is 4.79 Å². The lowest BCUT2D eigenvalue weighted by Crippen LogP contribution is -2.44. The van der Waals surface area contributed by atoms with Crippen LogP contribution in [0.4, 0.5) is 0 Å². The van der Waals surface area contributed by atoms with E-state index in [-0.39, 0.29) is 12.4 Å². The molecule has 23 heavy (non-hydrogen) atoms. The molecule has 128 valence electrons. The maximum Gasteiger partial charge on any atom is 0.222 e. The molecule has 2 heterocycles. The summed E-state index contributed by atoms with van der Waals surface area (Å²) in [5.41, 5.74) is 1.68. The number of hydrogen-bond acceptors (Lipinski definition) is 3. The third kappa shape index (κ3) is 4.39. The highest BCUT2D eigenvalue weighted by Gasteiger charge is 2.37. The van der Waals surface area contributed by atoms with Crippen LogP contribution >= 0.6 is 12.4 Å². The van der Waals surface area contributed by atoms with Crippen LogP contribution in [0.1, 0.15) is 31.2 Å². The van der Waals surface area contributed by atoms with Crippen LogP contribution in [-0.2, 0) is 11.2 Å². The van der Waals surface area contributed by atoms with E-state index in [1.807, 2.05) is 24.3 Å². The predicted octanol–water partition coefficient (Wildman–Crippen LogP) is 2.65. The van der Waals surface area contributed by atoms with Gasteiger partial charge in [-0.1, -0.05) is 12.1 Å². The third-order valence-corrected chi connectivity index (χ3v) is 5.30. The van der Waals surface area contributed by atoms with Crippen molar-refractivity contribution in [1.82, 2.24) is 10.2 Å². The van der Waals surface area contributed by atoms with Crippen molar-refractivity contribution in [3.05, 3.63) is 29.8 Å². The zero-order valence-corrected chi connectivity index (χ0v) is 14.7. The van der Waals surface area contributed by atoms with Crippen LogP contribution in [0.5, 0.6) is 5.75 Å². The summed E-state index contributed by atoms with van der Waals surface area (Å²) in [7, 11) is 1.67. The molecule has 0 atom stereocenters. The molecule has 0 bridgehead atoms. The second kappa shape index (κ2) is 8.02. The number of ether oxygens (including phenoxy) is 1. The van der Waals surface area contributed by atoms with E-state index in [1.54, 1.807) is 7.11 Å². The van der Waals surface area contributed by atoms with E-state index in [0.29, 0.717) is 17.7 Å². The molecule has 2 aliphatic rings. The van der Waals surface area contributed by atoms with E-state index in [1.165, 1.54) is 12.0 Å². The molecule has 0 aliphatic carbocycles. The number of hydrogen-bond donors (Lipinski definition) is 1. The topological polar surface area (TPSA) is 41.6 Å². The number of halogens is 1. The first-order valence-electron chi connectivity index (χ1n) is 8.32. The van der Waals surface area contributed by atoms with E-state index in [2.05, 4.69) is 10.2 Å². The summed E-state index contributed by atoms with van der Waals surface area (Å²) >= 11 is 0. The molecule has 1 spiro atoms. The van der Waals surface area contributed by atoms with Crippen LogP contribution in [0.25, 0.3) is 0 Å². The molecule has 3 rings (SSSR count). The van der Waals surface area contributed by atoms with Gasteiger partial charge in [-0.25, -0.2) is 0 Å². The number of amides is 1. The molecule has 2 aliphatic heterocycles. The lowest BCUT2D eigenvalue weighted by Gasteiger charge is -2.39. The zero-order valence-electron chi connectivity index (χ0n) is 13.8. The van der Waals surface area contributed by atoms with E-state index in [0.717, 1.165) is 51.2 Å². The number of carbonyl (C=O) groups excluding carboxylic acids is 1. The highest BCUT2D eigenvalue weighted by atomic mass is 35.5. The van der Waals surface area contributed by atoms with Gasteiger partial charge in [-0.2, -0.15) is 0 Å². The molecule has 2 saturated heterocycles. The van der Waals surface area contributed by atoms with Crippen molar-refractivity contribution in [2.75, 3.05) is 33.3 Å². The standard InChI is InChI=1S/C18H26N2O2.ClH/c1-22-16-5-2-15(3-6-16)4-7-17(21)20-12-9-18(10-13-20)8-11-19-14-18;/h2-3,5-6,19H,4,7-14H2,1H3;1H. The van der Waals surface area contributed by atoms with Crippen molar-refractivity contribution in [3.8, 4) is 5.75 Å². The van der Waals surface area contributed by atoms with Crippen molar-refractivity contribution < 1.29 is 9.53 Å². The summed E-state index contributed by atoms with van der Waals surface area (Å²) in [6.45, 7) is 4.15. The van der Waals surface area contributed by atoms with Gasteiger partial charge in [-0.05, 0) is 55.3 Å². The molecule has 2 fully saturated rings. The first-order chi connectivity index (χ1) is 10.7. The fraction of sp³-hybridized carbons (Fsp3) is 0.611. The minimum atomic E-state index is 0. The van der Waals surface area contributed by atoms with Gasteiger partial charge < -0.3 is 15.0 Å². The Labute approximate surface area is 145 Å². The number of nitrogens with one attached hydrogen (secondary N) is 1. The second-order valence-electron chi connectivity index (χ2n) is 6.66. The number of piperidine rings is 1. The van der Waals surface area contributed by atoms with Crippen molar-refractivity contribution in [3.63, 3.8) is 0 Å². The highest BCUT2D eigenvalue weighted by Crippen LogP contribution is 2.37. The maximum atomic E-state index is 12.4. The number of carbonyl (C=O) groups is 1. The molecule has 4 nitrogen and oxygen atoms in total. The monoisotopic (exact) mass is 338 g/mol. The summed E-state index contributed by atoms with van der Waals surface area (Å²) < 4.78 is 5.16. The van der Waals surface area contributed by atoms with Crippen LogP contribution in [0, 0.1) is 5.41 Å². The molecule has 1 aromatic carbocycles. The van der Waals surface area contributed by atoms with Gasteiger partial charge in [0.25, 0.3) is 0 Å². The minimum Gasteiger partial charge on any atom is -0.497 e. The Hall–Kier alpha value is -1.26. The predicted molar refractivity (Wildman–Crippen MR) is 94.3 cm³/mol. The van der Waals surface area contributed by atoms with Crippen molar-refractivity contribution >= 4 is 18.3 Å². The SMILES string of the molecule is COc1ccc(CCC(=O)N2CCC3(CCNC3)CC2)cc1.Cl. The molecule has 0 radical (unpaired) electrons. The summed E-state index contributed by atoms with van der Waals surface area (Å²) in [4.78, 5) is 14.4. The number of likely N-dealkylation sites (tertiary alicyclic amines) is 1. The second-order valence-corrected chi connectivity index (χ2v) is 6.66. The Bertz CT molecular complexity index is 502. The Morgan fingerprint density at radius 1 is 1.22 bits per heavy atom. The molecular formula is C18H27ClN2O2. The molecule has 1 aromatic rings. The van der Waals surface area contributed by atoms with Gasteiger partial charge in [0.1, 0.15) is 5.75 Å².